The van der Waals surface area contributed by atoms with Gasteiger partial charge in [-0.1, -0.05) is 45.7 Å². The molecule has 0 aliphatic heterocycles. The third kappa shape index (κ3) is 3.58. The van der Waals surface area contributed by atoms with E-state index in [0.29, 0.717) is 17.1 Å². The molecule has 19 heavy (non-hydrogen) atoms. The molecule has 0 saturated heterocycles. The van der Waals surface area contributed by atoms with E-state index in [1.807, 2.05) is 31.2 Å². The van der Waals surface area contributed by atoms with Gasteiger partial charge in [-0.25, -0.2) is 0 Å². The quantitative estimate of drug-likeness (QED) is 0.886. The molecule has 98 valence electrons. The van der Waals surface area contributed by atoms with Crippen LogP contribution in [0, 0.1) is 6.92 Å². The number of carbonyl (C=O) groups excluding carboxylic acids is 1. The Bertz CT molecular complexity index is 613. The van der Waals surface area contributed by atoms with E-state index >= 15 is 0 Å². The molecule has 0 aliphatic carbocycles. The zero-order chi connectivity index (χ0) is 13.8. The second-order valence-corrected chi connectivity index (χ2v) is 5.55. The Hall–Kier alpha value is -1.32. The minimum absolute atomic E-state index is 0.111. The van der Waals surface area contributed by atoms with E-state index in [4.69, 9.17) is 11.6 Å². The number of hydrogen-bond donors (Lipinski definition) is 1. The molecular weight excluding hydrogens is 326 g/mol. The molecule has 0 spiro atoms. The number of nitrogens with one attached hydrogen (secondary N) is 1. The summed E-state index contributed by atoms with van der Waals surface area (Å²) in [6.45, 7) is 2.33. The summed E-state index contributed by atoms with van der Waals surface area (Å²) >= 11 is 9.41. The molecule has 1 amide bonds. The summed E-state index contributed by atoms with van der Waals surface area (Å²) < 4.78 is 0.998. The summed E-state index contributed by atoms with van der Waals surface area (Å²) in [4.78, 5) is 12.1. The lowest BCUT2D eigenvalue weighted by atomic mass is 10.1. The van der Waals surface area contributed by atoms with E-state index < -0.39 is 0 Å². The topological polar surface area (TPSA) is 29.1 Å². The maximum absolute atomic E-state index is 12.1. The summed E-state index contributed by atoms with van der Waals surface area (Å²) in [6, 6.07) is 13.2. The van der Waals surface area contributed by atoms with Crippen LogP contribution in [0.4, 0.5) is 0 Å². The Balaban J connectivity index is 2.08. The molecule has 0 radical (unpaired) electrons. The van der Waals surface area contributed by atoms with Gasteiger partial charge in [0.2, 0.25) is 0 Å². The van der Waals surface area contributed by atoms with Crippen LogP contribution in [-0.2, 0) is 6.54 Å². The molecule has 2 aromatic carbocycles. The molecule has 0 unspecified atom stereocenters. The van der Waals surface area contributed by atoms with Crippen LogP contribution in [0.1, 0.15) is 21.5 Å². The predicted octanol–water partition coefficient (Wildman–Crippen LogP) is 4.34. The Morgan fingerprint density at radius 1 is 1.26 bits per heavy atom. The summed E-state index contributed by atoms with van der Waals surface area (Å²) in [7, 11) is 0. The Morgan fingerprint density at radius 3 is 2.74 bits per heavy atom. The van der Waals surface area contributed by atoms with Crippen molar-refractivity contribution in [2.45, 2.75) is 13.5 Å². The van der Waals surface area contributed by atoms with E-state index in [-0.39, 0.29) is 5.91 Å². The van der Waals surface area contributed by atoms with E-state index in [2.05, 4.69) is 21.2 Å². The smallest absolute Gasteiger partial charge is 0.251 e. The van der Waals surface area contributed by atoms with Crippen LogP contribution in [0.15, 0.2) is 46.9 Å². The first kappa shape index (κ1) is 14.1. The Morgan fingerprint density at radius 2 is 2.00 bits per heavy atom. The summed E-state index contributed by atoms with van der Waals surface area (Å²) in [6.07, 6.45) is 0. The number of benzene rings is 2. The van der Waals surface area contributed by atoms with Gasteiger partial charge in [0, 0.05) is 21.6 Å². The highest BCUT2D eigenvalue weighted by molar-refractivity contribution is 9.10. The van der Waals surface area contributed by atoms with Crippen LogP contribution in [0.2, 0.25) is 5.02 Å². The molecule has 0 aliphatic rings. The van der Waals surface area contributed by atoms with Crippen molar-refractivity contribution < 1.29 is 4.79 Å². The second-order valence-electron chi connectivity index (χ2n) is 4.22. The minimum atomic E-state index is -0.111. The predicted molar refractivity (Wildman–Crippen MR) is 81.5 cm³/mol. The third-order valence-corrected chi connectivity index (χ3v) is 3.76. The maximum atomic E-state index is 12.1. The fraction of sp³-hybridized carbons (Fsp3) is 0.133. The largest absolute Gasteiger partial charge is 0.348 e. The molecule has 2 nitrogen and oxygen atoms in total. The molecule has 0 aromatic heterocycles. The van der Waals surface area contributed by atoms with Crippen LogP contribution >= 0.6 is 27.5 Å². The van der Waals surface area contributed by atoms with Gasteiger partial charge < -0.3 is 5.32 Å². The monoisotopic (exact) mass is 337 g/mol. The number of halogens is 2. The lowest BCUT2D eigenvalue weighted by Crippen LogP contribution is -2.23. The first-order chi connectivity index (χ1) is 9.08. The Kier molecular flexibility index (Phi) is 4.61. The second kappa shape index (κ2) is 6.22. The van der Waals surface area contributed by atoms with E-state index in [1.165, 1.54) is 0 Å². The van der Waals surface area contributed by atoms with Gasteiger partial charge in [-0.15, -0.1) is 0 Å². The normalized spacial score (nSPS) is 10.3. The number of carbonyl (C=O) groups is 1. The molecule has 0 heterocycles. The molecule has 2 aromatic rings. The van der Waals surface area contributed by atoms with Crippen LogP contribution in [0.5, 0.6) is 0 Å². The zero-order valence-electron chi connectivity index (χ0n) is 10.4. The Labute approximate surface area is 125 Å². The van der Waals surface area contributed by atoms with Crippen molar-refractivity contribution >= 4 is 33.4 Å². The lowest BCUT2D eigenvalue weighted by molar-refractivity contribution is 0.0950. The van der Waals surface area contributed by atoms with E-state index in [0.717, 1.165) is 15.6 Å². The van der Waals surface area contributed by atoms with Gasteiger partial charge in [-0.2, -0.15) is 0 Å². The summed E-state index contributed by atoms with van der Waals surface area (Å²) in [5.74, 6) is -0.111. The summed E-state index contributed by atoms with van der Waals surface area (Å²) in [5, 5.41) is 3.50. The van der Waals surface area contributed by atoms with Crippen LogP contribution in [0.3, 0.4) is 0 Å². The van der Waals surface area contributed by atoms with Crippen molar-refractivity contribution in [3.8, 4) is 0 Å². The van der Waals surface area contributed by atoms with Crippen molar-refractivity contribution in [1.29, 1.82) is 0 Å². The average Bonchev–Trinajstić information content (AvgIpc) is 2.39. The van der Waals surface area contributed by atoms with Crippen LogP contribution in [-0.4, -0.2) is 5.91 Å². The van der Waals surface area contributed by atoms with Crippen molar-refractivity contribution in [1.82, 2.24) is 5.32 Å². The van der Waals surface area contributed by atoms with E-state index in [9.17, 15) is 4.79 Å². The number of rotatable bonds is 3. The first-order valence-electron chi connectivity index (χ1n) is 5.85. The molecular formula is C15H13BrClNO. The molecule has 0 saturated carbocycles. The summed E-state index contributed by atoms with van der Waals surface area (Å²) in [5.41, 5.74) is 2.46. The molecule has 4 heteroatoms. The van der Waals surface area contributed by atoms with Gasteiger partial charge in [-0.05, 0) is 42.3 Å². The SMILES string of the molecule is Cc1c(Cl)cccc1C(=O)NCc1cccc(Br)c1. The number of amides is 1. The van der Waals surface area contributed by atoms with Crippen molar-refractivity contribution in [2.75, 3.05) is 0 Å². The maximum Gasteiger partial charge on any atom is 0.251 e. The van der Waals surface area contributed by atoms with Crippen molar-refractivity contribution in [2.24, 2.45) is 0 Å². The highest BCUT2D eigenvalue weighted by atomic mass is 79.9. The van der Waals surface area contributed by atoms with Crippen molar-refractivity contribution in [3.63, 3.8) is 0 Å². The van der Waals surface area contributed by atoms with Gasteiger partial charge in [0.05, 0.1) is 0 Å². The number of hydrogen-bond acceptors (Lipinski definition) is 1. The first-order valence-corrected chi connectivity index (χ1v) is 7.03. The molecule has 0 fully saturated rings. The minimum Gasteiger partial charge on any atom is -0.348 e. The molecule has 0 atom stereocenters. The van der Waals surface area contributed by atoms with Gasteiger partial charge in [0.1, 0.15) is 0 Å². The lowest BCUT2D eigenvalue weighted by Gasteiger charge is -2.09. The molecule has 0 bridgehead atoms. The fourth-order valence-corrected chi connectivity index (χ4v) is 2.40. The van der Waals surface area contributed by atoms with Gasteiger partial charge in [-0.3, -0.25) is 4.79 Å². The fourth-order valence-electron chi connectivity index (χ4n) is 1.78. The van der Waals surface area contributed by atoms with Gasteiger partial charge in [0.25, 0.3) is 5.91 Å². The van der Waals surface area contributed by atoms with Crippen molar-refractivity contribution in [3.05, 3.63) is 68.7 Å². The highest BCUT2D eigenvalue weighted by Crippen LogP contribution is 2.18. The van der Waals surface area contributed by atoms with Gasteiger partial charge in [0.15, 0.2) is 0 Å². The molecule has 2 rings (SSSR count). The van der Waals surface area contributed by atoms with Crippen LogP contribution in [0.25, 0.3) is 0 Å². The van der Waals surface area contributed by atoms with E-state index in [1.54, 1.807) is 18.2 Å². The van der Waals surface area contributed by atoms with Crippen LogP contribution < -0.4 is 5.32 Å². The highest BCUT2D eigenvalue weighted by Gasteiger charge is 2.10. The molecule has 1 N–H and O–H groups in total. The third-order valence-electron chi connectivity index (χ3n) is 2.85. The standard InChI is InChI=1S/C15H13BrClNO/c1-10-13(6-3-7-14(10)17)15(19)18-9-11-4-2-5-12(16)8-11/h2-8H,9H2,1H3,(H,18,19). The average molecular weight is 339 g/mol. The van der Waals surface area contributed by atoms with Gasteiger partial charge >= 0.3 is 0 Å². The zero-order valence-corrected chi connectivity index (χ0v) is 12.8.